The highest BCUT2D eigenvalue weighted by molar-refractivity contribution is 7.19. The molecule has 1 amide bonds. The molecule has 0 saturated carbocycles. The summed E-state index contributed by atoms with van der Waals surface area (Å²) in [5.74, 6) is -0.994. The van der Waals surface area contributed by atoms with E-state index in [9.17, 15) is 14.4 Å². The van der Waals surface area contributed by atoms with Gasteiger partial charge in [0.25, 0.3) is 5.91 Å². The number of carbonyl (C=O) groups is 3. The van der Waals surface area contributed by atoms with Gasteiger partial charge in [-0.25, -0.2) is 4.79 Å². The predicted octanol–water partition coefficient (Wildman–Crippen LogP) is 3.75. The molecule has 0 aliphatic carbocycles. The van der Waals surface area contributed by atoms with E-state index in [1.54, 1.807) is 31.4 Å². The normalized spacial score (nSPS) is 10.3. The molecule has 0 radical (unpaired) electrons. The quantitative estimate of drug-likeness (QED) is 0.666. The topological polar surface area (TPSA) is 72.5 Å². The zero-order valence-corrected chi connectivity index (χ0v) is 14.0. The summed E-state index contributed by atoms with van der Waals surface area (Å²) in [4.78, 5) is 36.9. The molecule has 0 atom stereocenters. The van der Waals surface area contributed by atoms with Crippen molar-refractivity contribution in [2.24, 2.45) is 0 Å². The summed E-state index contributed by atoms with van der Waals surface area (Å²) >= 11 is 2.40. The molecule has 0 unspecified atom stereocenters. The Labute approximate surface area is 135 Å². The van der Waals surface area contributed by atoms with Crippen molar-refractivity contribution < 1.29 is 19.1 Å². The first-order valence-electron chi connectivity index (χ1n) is 6.62. The van der Waals surface area contributed by atoms with Crippen LogP contribution >= 0.6 is 22.7 Å². The van der Waals surface area contributed by atoms with Crippen molar-refractivity contribution >= 4 is 45.3 Å². The molecule has 0 aromatic carbocycles. The smallest absolute Gasteiger partial charge is 0.341 e. The maximum atomic E-state index is 12.2. The Morgan fingerprint density at radius 2 is 2.05 bits per heavy atom. The molecule has 2 aromatic rings. The van der Waals surface area contributed by atoms with Crippen molar-refractivity contribution in [3.8, 4) is 0 Å². The summed E-state index contributed by atoms with van der Waals surface area (Å²) in [5, 5.41) is 4.85. The van der Waals surface area contributed by atoms with Gasteiger partial charge in [0.2, 0.25) is 0 Å². The Balaban J connectivity index is 2.40. The minimum atomic E-state index is -0.537. The fourth-order valence-electron chi connectivity index (χ4n) is 1.96. The van der Waals surface area contributed by atoms with E-state index in [0.717, 1.165) is 11.3 Å². The van der Waals surface area contributed by atoms with Crippen LogP contribution in [-0.2, 0) is 4.74 Å². The van der Waals surface area contributed by atoms with Crippen LogP contribution in [-0.4, -0.2) is 24.3 Å². The van der Waals surface area contributed by atoms with Gasteiger partial charge < -0.3 is 10.1 Å². The Kier molecular flexibility index (Phi) is 5.10. The van der Waals surface area contributed by atoms with Crippen LogP contribution in [0.2, 0.25) is 0 Å². The average molecular weight is 337 g/mol. The van der Waals surface area contributed by atoms with Gasteiger partial charge in [0.05, 0.1) is 21.9 Å². The van der Waals surface area contributed by atoms with Gasteiger partial charge in [0, 0.05) is 0 Å². The number of amides is 1. The first-order chi connectivity index (χ1) is 10.5. The summed E-state index contributed by atoms with van der Waals surface area (Å²) in [6.07, 6.45) is 0. The zero-order valence-electron chi connectivity index (χ0n) is 12.4. The van der Waals surface area contributed by atoms with Crippen molar-refractivity contribution in [3.63, 3.8) is 0 Å². The largest absolute Gasteiger partial charge is 0.462 e. The standard InChI is InChI=1S/C15H15NO4S2/c1-4-20-15(19)11-8(2)12(9(3)17)22-14(11)16-13(18)10-6-5-7-21-10/h5-7H,4H2,1-3H3,(H,16,18). The molecule has 1 N–H and O–H groups in total. The molecule has 0 spiro atoms. The van der Waals surface area contributed by atoms with Gasteiger partial charge in [-0.3, -0.25) is 9.59 Å². The van der Waals surface area contributed by atoms with Gasteiger partial charge in [0.15, 0.2) is 5.78 Å². The molecule has 7 heteroatoms. The summed E-state index contributed by atoms with van der Waals surface area (Å²) in [5.41, 5.74) is 0.791. The fourth-order valence-corrected chi connectivity index (χ4v) is 3.66. The number of Topliss-reactive ketones (excluding diaryl/α,β-unsaturated/α-hetero) is 1. The molecule has 5 nitrogen and oxygen atoms in total. The second kappa shape index (κ2) is 6.85. The zero-order chi connectivity index (χ0) is 16.3. The Hall–Kier alpha value is -1.99. The SMILES string of the molecule is CCOC(=O)c1c(NC(=O)c2cccs2)sc(C(C)=O)c1C. The fraction of sp³-hybridized carbons (Fsp3) is 0.267. The first kappa shape index (κ1) is 16.4. The first-order valence-corrected chi connectivity index (χ1v) is 8.31. The van der Waals surface area contributed by atoms with Crippen LogP contribution < -0.4 is 5.32 Å². The number of esters is 1. The molecule has 0 fully saturated rings. The average Bonchev–Trinajstić information content (AvgIpc) is 3.07. The minimum Gasteiger partial charge on any atom is -0.462 e. The molecule has 0 saturated heterocycles. The second-order valence-corrected chi connectivity index (χ2v) is 6.44. The third-order valence-corrected chi connectivity index (χ3v) is 5.09. The van der Waals surface area contributed by atoms with Crippen molar-refractivity contribution in [2.45, 2.75) is 20.8 Å². The lowest BCUT2D eigenvalue weighted by atomic mass is 10.1. The van der Waals surface area contributed by atoms with Crippen LogP contribution in [0.1, 0.15) is 49.1 Å². The van der Waals surface area contributed by atoms with E-state index in [-0.39, 0.29) is 23.9 Å². The van der Waals surface area contributed by atoms with Crippen LogP contribution in [0.25, 0.3) is 0 Å². The van der Waals surface area contributed by atoms with Crippen molar-refractivity contribution in [1.29, 1.82) is 0 Å². The van der Waals surface area contributed by atoms with Crippen molar-refractivity contribution in [2.75, 3.05) is 11.9 Å². The van der Waals surface area contributed by atoms with Crippen LogP contribution in [0.15, 0.2) is 17.5 Å². The monoisotopic (exact) mass is 337 g/mol. The van der Waals surface area contributed by atoms with E-state index >= 15 is 0 Å². The van der Waals surface area contributed by atoms with Crippen LogP contribution in [0.5, 0.6) is 0 Å². The van der Waals surface area contributed by atoms with E-state index in [4.69, 9.17) is 4.74 Å². The second-order valence-electron chi connectivity index (χ2n) is 4.47. The van der Waals surface area contributed by atoms with E-state index in [2.05, 4.69) is 5.32 Å². The van der Waals surface area contributed by atoms with Gasteiger partial charge in [-0.1, -0.05) is 6.07 Å². The van der Waals surface area contributed by atoms with Crippen LogP contribution in [0, 0.1) is 6.92 Å². The molecule has 2 heterocycles. The van der Waals surface area contributed by atoms with Gasteiger partial charge in [-0.05, 0) is 37.8 Å². The highest BCUT2D eigenvalue weighted by Crippen LogP contribution is 2.34. The molecule has 0 aliphatic heterocycles. The number of ketones is 1. The summed E-state index contributed by atoms with van der Waals surface area (Å²) in [7, 11) is 0. The Morgan fingerprint density at radius 1 is 1.32 bits per heavy atom. The third kappa shape index (κ3) is 3.26. The number of hydrogen-bond acceptors (Lipinski definition) is 6. The lowest BCUT2D eigenvalue weighted by Crippen LogP contribution is -2.13. The van der Waals surface area contributed by atoms with Gasteiger partial charge in [-0.2, -0.15) is 0 Å². The third-order valence-electron chi connectivity index (χ3n) is 2.92. The minimum absolute atomic E-state index is 0.148. The highest BCUT2D eigenvalue weighted by Gasteiger charge is 2.25. The number of carbonyl (C=O) groups excluding carboxylic acids is 3. The molecule has 2 rings (SSSR count). The maximum absolute atomic E-state index is 12.2. The molecular weight excluding hydrogens is 322 g/mol. The van der Waals surface area contributed by atoms with Crippen LogP contribution in [0.3, 0.4) is 0 Å². The van der Waals surface area contributed by atoms with E-state index in [0.29, 0.717) is 20.3 Å². The number of hydrogen-bond donors (Lipinski definition) is 1. The number of anilines is 1. The summed E-state index contributed by atoms with van der Waals surface area (Å²) < 4.78 is 5.02. The maximum Gasteiger partial charge on any atom is 0.341 e. The van der Waals surface area contributed by atoms with Crippen molar-refractivity contribution in [3.05, 3.63) is 38.4 Å². The van der Waals surface area contributed by atoms with Gasteiger partial charge >= 0.3 is 5.97 Å². The van der Waals surface area contributed by atoms with Crippen LogP contribution in [0.4, 0.5) is 5.00 Å². The number of rotatable bonds is 5. The molecule has 0 bridgehead atoms. The van der Waals surface area contributed by atoms with E-state index < -0.39 is 5.97 Å². The van der Waals surface area contributed by atoms with Crippen molar-refractivity contribution in [1.82, 2.24) is 0 Å². The molecular formula is C15H15NO4S2. The highest BCUT2D eigenvalue weighted by atomic mass is 32.1. The lowest BCUT2D eigenvalue weighted by Gasteiger charge is -2.06. The number of thiophene rings is 2. The summed E-state index contributed by atoms with van der Waals surface area (Å²) in [6, 6.07) is 3.46. The Morgan fingerprint density at radius 3 is 2.59 bits per heavy atom. The number of ether oxygens (including phenoxy) is 1. The van der Waals surface area contributed by atoms with Gasteiger partial charge in [0.1, 0.15) is 5.00 Å². The van der Waals surface area contributed by atoms with E-state index in [1.807, 2.05) is 0 Å². The Bertz CT molecular complexity index is 716. The number of nitrogens with one attached hydrogen (secondary N) is 1. The molecule has 22 heavy (non-hydrogen) atoms. The lowest BCUT2D eigenvalue weighted by molar-refractivity contribution is 0.0527. The molecule has 116 valence electrons. The van der Waals surface area contributed by atoms with E-state index in [1.165, 1.54) is 18.3 Å². The molecule has 2 aromatic heterocycles. The molecule has 0 aliphatic rings. The summed E-state index contributed by atoms with van der Waals surface area (Å²) in [6.45, 7) is 5.04. The van der Waals surface area contributed by atoms with Gasteiger partial charge in [-0.15, -0.1) is 22.7 Å². The predicted molar refractivity (Wildman–Crippen MR) is 87.3 cm³/mol.